The zero-order valence-corrected chi connectivity index (χ0v) is 18.3. The highest BCUT2D eigenvalue weighted by Gasteiger charge is 2.62. The average Bonchev–Trinajstić information content (AvgIpc) is 2.94. The molecule has 4 rings (SSSR count). The van der Waals surface area contributed by atoms with Crippen LogP contribution in [0.25, 0.3) is 0 Å². The number of nitrogens with zero attached hydrogens (tertiary/aromatic N) is 1. The Bertz CT molecular complexity index is 826. The lowest BCUT2D eigenvalue weighted by molar-refractivity contribution is -0.177. The Balaban J connectivity index is 1.86. The highest BCUT2D eigenvalue weighted by Crippen LogP contribution is 2.62. The Kier molecular flexibility index (Phi) is 4.44. The molecule has 1 aromatic carbocycles. The summed E-state index contributed by atoms with van der Waals surface area (Å²) in [5, 5.41) is 0. The monoisotopic (exact) mass is 381 g/mol. The van der Waals surface area contributed by atoms with E-state index in [9.17, 15) is 4.79 Å². The van der Waals surface area contributed by atoms with Crippen LogP contribution in [0.5, 0.6) is 5.75 Å². The van der Waals surface area contributed by atoms with Crippen molar-refractivity contribution in [3.8, 4) is 5.75 Å². The van der Waals surface area contributed by atoms with E-state index in [-0.39, 0.29) is 22.3 Å². The Morgan fingerprint density at radius 1 is 1.21 bits per heavy atom. The molecule has 0 bridgehead atoms. The molecule has 0 aromatic heterocycles. The number of carbonyl (C=O) groups is 1. The molecule has 1 saturated carbocycles. The third-order valence-electron chi connectivity index (χ3n) is 8.50. The van der Waals surface area contributed by atoms with Crippen LogP contribution in [0.4, 0.5) is 0 Å². The molecule has 0 spiro atoms. The van der Waals surface area contributed by atoms with Crippen molar-refractivity contribution in [1.29, 1.82) is 0 Å². The molecule has 1 heterocycles. The highest BCUT2D eigenvalue weighted by molar-refractivity contribution is 5.98. The van der Waals surface area contributed by atoms with E-state index in [1.54, 1.807) is 4.90 Å². The van der Waals surface area contributed by atoms with E-state index in [1.807, 2.05) is 19.2 Å². The predicted octanol–water partition coefficient (Wildman–Crippen LogP) is 5.84. The molecule has 0 N–H and O–H groups in total. The predicted molar refractivity (Wildman–Crippen MR) is 113 cm³/mol. The third-order valence-corrected chi connectivity index (χ3v) is 8.50. The first-order chi connectivity index (χ1) is 13.2. The summed E-state index contributed by atoms with van der Waals surface area (Å²) in [6.07, 6.45) is 9.25. The van der Waals surface area contributed by atoms with Gasteiger partial charge in [0.1, 0.15) is 11.4 Å². The standard InChI is InChI=1S/C25H35NO2/c1-7-24(5)17(2)12-13-21-23(3,4)14-9-15-25(21,24)28-20-11-8-10-18-19(20)16-26(6)22(18)27/h8-11,14,17,21H,7,12-13,15-16H2,1-6H3. The number of hydrogen-bond acceptors (Lipinski definition) is 2. The van der Waals surface area contributed by atoms with Crippen molar-refractivity contribution in [3.63, 3.8) is 0 Å². The summed E-state index contributed by atoms with van der Waals surface area (Å²) in [7, 11) is 1.87. The van der Waals surface area contributed by atoms with Gasteiger partial charge in [-0.15, -0.1) is 0 Å². The Morgan fingerprint density at radius 3 is 2.68 bits per heavy atom. The normalized spacial score (nSPS) is 36.2. The van der Waals surface area contributed by atoms with Crippen LogP contribution < -0.4 is 4.74 Å². The molecular weight excluding hydrogens is 346 g/mol. The summed E-state index contributed by atoms with van der Waals surface area (Å²) in [4.78, 5) is 14.3. The molecule has 0 radical (unpaired) electrons. The molecule has 152 valence electrons. The summed E-state index contributed by atoms with van der Waals surface area (Å²) in [6.45, 7) is 12.5. The van der Waals surface area contributed by atoms with Crippen molar-refractivity contribution in [2.45, 2.75) is 72.4 Å². The van der Waals surface area contributed by atoms with Gasteiger partial charge in [-0.3, -0.25) is 4.79 Å². The lowest BCUT2D eigenvalue weighted by Crippen LogP contribution is -2.65. The van der Waals surface area contributed by atoms with Gasteiger partial charge in [0.25, 0.3) is 5.91 Å². The van der Waals surface area contributed by atoms with Crippen LogP contribution in [0.3, 0.4) is 0 Å². The van der Waals surface area contributed by atoms with Crippen LogP contribution in [-0.4, -0.2) is 23.5 Å². The lowest BCUT2D eigenvalue weighted by atomic mass is 9.47. The van der Waals surface area contributed by atoms with Crippen LogP contribution in [0, 0.1) is 22.7 Å². The lowest BCUT2D eigenvalue weighted by Gasteiger charge is -2.63. The fraction of sp³-hybridized carbons (Fsp3) is 0.640. The van der Waals surface area contributed by atoms with Crippen LogP contribution >= 0.6 is 0 Å². The van der Waals surface area contributed by atoms with E-state index < -0.39 is 0 Å². The van der Waals surface area contributed by atoms with Gasteiger partial charge in [-0.05, 0) is 42.7 Å². The van der Waals surface area contributed by atoms with Crippen molar-refractivity contribution in [1.82, 2.24) is 4.90 Å². The SMILES string of the molecule is CCC1(C)C(C)CCC2C(C)(C)C=CCC21Oc1cccc2c1CN(C)C2=O. The van der Waals surface area contributed by atoms with Crippen LogP contribution in [0.2, 0.25) is 0 Å². The van der Waals surface area contributed by atoms with E-state index >= 15 is 0 Å². The smallest absolute Gasteiger partial charge is 0.254 e. The van der Waals surface area contributed by atoms with E-state index in [0.717, 1.165) is 29.7 Å². The zero-order valence-electron chi connectivity index (χ0n) is 18.3. The number of hydrogen-bond donors (Lipinski definition) is 0. The fourth-order valence-corrected chi connectivity index (χ4v) is 6.40. The first-order valence-electron chi connectivity index (χ1n) is 10.9. The van der Waals surface area contributed by atoms with E-state index in [0.29, 0.717) is 18.4 Å². The maximum atomic E-state index is 12.5. The van der Waals surface area contributed by atoms with Gasteiger partial charge in [0, 0.05) is 35.9 Å². The van der Waals surface area contributed by atoms with Gasteiger partial charge >= 0.3 is 0 Å². The van der Waals surface area contributed by atoms with E-state index in [1.165, 1.54) is 12.8 Å². The topological polar surface area (TPSA) is 29.5 Å². The molecule has 3 heteroatoms. The number of allylic oxidation sites excluding steroid dienone is 1. The molecule has 3 aliphatic rings. The molecule has 1 aromatic rings. The van der Waals surface area contributed by atoms with Crippen molar-refractivity contribution < 1.29 is 9.53 Å². The average molecular weight is 382 g/mol. The van der Waals surface area contributed by atoms with Gasteiger partial charge in [-0.1, -0.05) is 52.8 Å². The molecule has 28 heavy (non-hydrogen) atoms. The van der Waals surface area contributed by atoms with E-state index in [4.69, 9.17) is 4.74 Å². The van der Waals surface area contributed by atoms with Crippen molar-refractivity contribution >= 4 is 5.91 Å². The van der Waals surface area contributed by atoms with Gasteiger partial charge in [-0.2, -0.15) is 0 Å². The Labute approximate surface area is 170 Å². The minimum atomic E-state index is -0.239. The molecule has 1 amide bonds. The molecule has 3 nitrogen and oxygen atoms in total. The second-order valence-corrected chi connectivity index (χ2v) is 10.2. The quantitative estimate of drug-likeness (QED) is 0.616. The number of fused-ring (bicyclic) bond motifs is 2. The number of ether oxygens (including phenoxy) is 1. The minimum absolute atomic E-state index is 0.0924. The maximum Gasteiger partial charge on any atom is 0.254 e. The molecule has 0 saturated heterocycles. The van der Waals surface area contributed by atoms with Crippen LogP contribution in [0.15, 0.2) is 30.4 Å². The summed E-state index contributed by atoms with van der Waals surface area (Å²) < 4.78 is 7.17. The van der Waals surface area contributed by atoms with Gasteiger partial charge in [-0.25, -0.2) is 0 Å². The third kappa shape index (κ3) is 2.51. The number of amides is 1. The van der Waals surface area contributed by atoms with E-state index in [2.05, 4.69) is 52.8 Å². The van der Waals surface area contributed by atoms with Gasteiger partial charge in [0.05, 0.1) is 6.54 Å². The Morgan fingerprint density at radius 2 is 1.96 bits per heavy atom. The summed E-state index contributed by atoms with van der Waals surface area (Å²) in [5.74, 6) is 2.10. The second-order valence-electron chi connectivity index (χ2n) is 10.2. The summed E-state index contributed by atoms with van der Waals surface area (Å²) in [6, 6.07) is 6.00. The first-order valence-corrected chi connectivity index (χ1v) is 10.9. The molecule has 2 aliphatic carbocycles. The fourth-order valence-electron chi connectivity index (χ4n) is 6.40. The van der Waals surface area contributed by atoms with Crippen LogP contribution in [-0.2, 0) is 6.54 Å². The first kappa shape index (κ1) is 19.5. The number of carbonyl (C=O) groups excluding carboxylic acids is 1. The molecule has 1 aliphatic heterocycles. The highest BCUT2D eigenvalue weighted by atomic mass is 16.5. The number of rotatable bonds is 3. The van der Waals surface area contributed by atoms with Crippen LogP contribution in [0.1, 0.15) is 76.2 Å². The van der Waals surface area contributed by atoms with Crippen molar-refractivity contribution in [3.05, 3.63) is 41.5 Å². The van der Waals surface area contributed by atoms with Gasteiger partial charge < -0.3 is 9.64 Å². The zero-order chi connectivity index (χ0) is 20.3. The van der Waals surface area contributed by atoms with Crippen molar-refractivity contribution in [2.75, 3.05) is 7.05 Å². The second kappa shape index (κ2) is 6.37. The summed E-state index contributed by atoms with van der Waals surface area (Å²) >= 11 is 0. The molecular formula is C25H35NO2. The summed E-state index contributed by atoms with van der Waals surface area (Å²) in [5.41, 5.74) is 1.83. The Hall–Kier alpha value is -1.77. The van der Waals surface area contributed by atoms with Crippen molar-refractivity contribution in [2.24, 2.45) is 22.7 Å². The largest absolute Gasteiger partial charge is 0.486 e. The molecule has 4 unspecified atom stereocenters. The minimum Gasteiger partial charge on any atom is -0.486 e. The molecule has 4 atom stereocenters. The molecule has 1 fully saturated rings. The maximum absolute atomic E-state index is 12.5. The number of benzene rings is 1. The van der Waals surface area contributed by atoms with Gasteiger partial charge in [0.15, 0.2) is 0 Å². The van der Waals surface area contributed by atoms with Gasteiger partial charge in [0.2, 0.25) is 0 Å².